The second-order valence-corrected chi connectivity index (χ2v) is 11.0. The van der Waals surface area contributed by atoms with Crippen molar-refractivity contribution in [3.05, 3.63) is 108 Å². The molecule has 2 atom stereocenters. The smallest absolute Gasteiger partial charge is 0.319 e. The van der Waals surface area contributed by atoms with E-state index in [1.165, 1.54) is 0 Å². The third-order valence-electron chi connectivity index (χ3n) is 8.02. The van der Waals surface area contributed by atoms with Gasteiger partial charge in [0.1, 0.15) is 11.9 Å². The Balaban J connectivity index is 0.00000461. The molecule has 5 rings (SSSR count). The van der Waals surface area contributed by atoms with Crippen molar-refractivity contribution >= 4 is 46.8 Å². The molecule has 3 aromatic carbocycles. The van der Waals surface area contributed by atoms with Crippen molar-refractivity contribution in [1.82, 2.24) is 20.5 Å². The highest BCUT2D eigenvalue weighted by atomic mass is 35.5. The number of carbonyl (C=O) groups excluding carboxylic acids is 3. The van der Waals surface area contributed by atoms with E-state index in [0.29, 0.717) is 44.8 Å². The molecule has 45 heavy (non-hydrogen) atoms. The molecule has 4 aromatic rings. The minimum absolute atomic E-state index is 0. The van der Waals surface area contributed by atoms with E-state index in [2.05, 4.69) is 15.6 Å². The maximum Gasteiger partial charge on any atom is 0.319 e. The van der Waals surface area contributed by atoms with Gasteiger partial charge in [0, 0.05) is 30.6 Å². The predicted octanol–water partition coefficient (Wildman–Crippen LogP) is 4.59. The Labute approximate surface area is 270 Å². The molecule has 0 unspecified atom stereocenters. The number of hydrogen-bond donors (Lipinski definition) is 3. The maximum absolute atomic E-state index is 14.4. The van der Waals surface area contributed by atoms with Crippen LogP contribution in [0.2, 0.25) is 0 Å². The van der Waals surface area contributed by atoms with E-state index in [9.17, 15) is 14.4 Å². The summed E-state index contributed by atoms with van der Waals surface area (Å²) in [6.45, 7) is 2.89. The number of aromatic nitrogens is 1. The summed E-state index contributed by atoms with van der Waals surface area (Å²) in [4.78, 5) is 46.3. The number of halogens is 1. The number of pyridine rings is 1. The van der Waals surface area contributed by atoms with Gasteiger partial charge in [-0.25, -0.2) is 4.98 Å². The topological polar surface area (TPSA) is 127 Å². The maximum atomic E-state index is 14.4. The van der Waals surface area contributed by atoms with Crippen molar-refractivity contribution in [3.8, 4) is 0 Å². The van der Waals surface area contributed by atoms with Crippen LogP contribution in [0.5, 0.6) is 0 Å². The fourth-order valence-corrected chi connectivity index (χ4v) is 5.86. The van der Waals surface area contributed by atoms with E-state index in [1.54, 1.807) is 11.1 Å². The lowest BCUT2D eigenvalue weighted by molar-refractivity contribution is -0.144. The third-order valence-corrected chi connectivity index (χ3v) is 8.02. The molecule has 1 aromatic heterocycles. The molecule has 9 nitrogen and oxygen atoms in total. The third kappa shape index (κ3) is 8.17. The summed E-state index contributed by atoms with van der Waals surface area (Å²) in [5.74, 6) is -0.787. The Morgan fingerprint density at radius 3 is 2.36 bits per heavy atom. The van der Waals surface area contributed by atoms with Crippen molar-refractivity contribution in [1.29, 1.82) is 0 Å². The van der Waals surface area contributed by atoms with E-state index in [4.69, 9.17) is 10.5 Å². The number of benzene rings is 3. The molecular weight excluding hydrogens is 590 g/mol. The minimum atomic E-state index is -0.804. The summed E-state index contributed by atoms with van der Waals surface area (Å²) in [7, 11) is 0. The van der Waals surface area contributed by atoms with Gasteiger partial charge >= 0.3 is 5.97 Å². The van der Waals surface area contributed by atoms with E-state index < -0.39 is 24.0 Å². The normalized spacial score (nSPS) is 15.0. The fourth-order valence-electron chi connectivity index (χ4n) is 5.86. The predicted molar refractivity (Wildman–Crippen MR) is 178 cm³/mol. The molecule has 0 aliphatic carbocycles. The van der Waals surface area contributed by atoms with Gasteiger partial charge in [-0.2, -0.15) is 0 Å². The number of anilines is 1. The van der Waals surface area contributed by atoms with Crippen LogP contribution in [0, 0.1) is 0 Å². The standard InChI is InChI=1S/C35H39N5O4.ClH/c1-2-20-44-30(41)23-38-32(31(25-10-5-3-6-11-25)26-12-7-4-8-13-26)35(43)40-19-9-14-29(40)34(42)39-22-24-15-16-28-27(21-24)17-18-37-33(28)36;/h3-8,10-13,15-18,21,29,31-32,38H,2,9,14,19-20,22-23H2,1H3,(H2,36,37)(H,39,42);1H/t29-,32+;/m0./s1. The second-order valence-electron chi connectivity index (χ2n) is 11.0. The molecule has 0 spiro atoms. The number of nitrogens with one attached hydrogen (secondary N) is 2. The Hall–Kier alpha value is -4.47. The molecule has 1 saturated heterocycles. The molecule has 4 N–H and O–H groups in total. The van der Waals surface area contributed by atoms with Gasteiger partial charge in [-0.15, -0.1) is 12.4 Å². The molecule has 2 heterocycles. The van der Waals surface area contributed by atoms with Crippen LogP contribution in [0.3, 0.4) is 0 Å². The number of fused-ring (bicyclic) bond motifs is 1. The second kappa shape index (κ2) is 16.0. The zero-order valence-electron chi connectivity index (χ0n) is 25.4. The molecular formula is C35H40ClN5O4. The van der Waals surface area contributed by atoms with E-state index >= 15 is 0 Å². The average molecular weight is 630 g/mol. The minimum Gasteiger partial charge on any atom is -0.465 e. The first kappa shape index (κ1) is 33.4. The number of carbonyl (C=O) groups is 3. The monoisotopic (exact) mass is 629 g/mol. The number of nitrogens with zero attached hydrogens (tertiary/aromatic N) is 2. The van der Waals surface area contributed by atoms with Crippen LogP contribution in [0.25, 0.3) is 10.8 Å². The van der Waals surface area contributed by atoms with Crippen LogP contribution in [0.15, 0.2) is 91.1 Å². The highest BCUT2D eigenvalue weighted by Gasteiger charge is 2.40. The van der Waals surface area contributed by atoms with Crippen LogP contribution < -0.4 is 16.4 Å². The lowest BCUT2D eigenvalue weighted by atomic mass is 9.84. The first-order valence-electron chi connectivity index (χ1n) is 15.2. The summed E-state index contributed by atoms with van der Waals surface area (Å²) >= 11 is 0. The van der Waals surface area contributed by atoms with Gasteiger partial charge in [0.25, 0.3) is 0 Å². The molecule has 1 fully saturated rings. The van der Waals surface area contributed by atoms with Gasteiger partial charge in [0.15, 0.2) is 0 Å². The SMILES string of the molecule is CCCOC(=O)CN[C@@H](C(=O)N1CCC[C@H]1C(=O)NCc1ccc2c(N)nccc2c1)C(c1ccccc1)c1ccccc1.Cl. The number of rotatable bonds is 12. The lowest BCUT2D eigenvalue weighted by Crippen LogP contribution is -2.55. The molecule has 0 radical (unpaired) electrons. The summed E-state index contributed by atoms with van der Waals surface area (Å²) in [5.41, 5.74) is 8.77. The summed E-state index contributed by atoms with van der Waals surface area (Å²) < 4.78 is 5.30. The molecule has 2 amide bonds. The van der Waals surface area contributed by atoms with Crippen molar-refractivity contribution < 1.29 is 19.1 Å². The van der Waals surface area contributed by atoms with E-state index in [-0.39, 0.29) is 30.8 Å². The number of nitrogens with two attached hydrogens (primary N) is 1. The number of amides is 2. The van der Waals surface area contributed by atoms with E-state index in [0.717, 1.165) is 27.5 Å². The van der Waals surface area contributed by atoms with Gasteiger partial charge in [-0.05, 0) is 53.5 Å². The number of nitrogen functional groups attached to an aromatic ring is 1. The fraction of sp³-hybridized carbons (Fsp3) is 0.314. The highest BCUT2D eigenvalue weighted by molar-refractivity contribution is 5.92. The van der Waals surface area contributed by atoms with Crippen LogP contribution in [0.4, 0.5) is 5.82 Å². The number of ether oxygens (including phenoxy) is 1. The Bertz CT molecular complexity index is 1550. The van der Waals surface area contributed by atoms with Gasteiger partial charge in [-0.1, -0.05) is 79.7 Å². The molecule has 1 aliphatic heterocycles. The van der Waals surface area contributed by atoms with Crippen molar-refractivity contribution in [2.45, 2.75) is 50.7 Å². The summed E-state index contributed by atoms with van der Waals surface area (Å²) in [5, 5.41) is 8.07. The van der Waals surface area contributed by atoms with Gasteiger partial charge in [-0.3, -0.25) is 19.7 Å². The largest absolute Gasteiger partial charge is 0.465 e. The van der Waals surface area contributed by atoms with Crippen LogP contribution in [0.1, 0.15) is 48.8 Å². The van der Waals surface area contributed by atoms with Crippen molar-refractivity contribution in [2.75, 3.05) is 25.4 Å². The Morgan fingerprint density at radius 2 is 1.69 bits per heavy atom. The molecule has 0 saturated carbocycles. The lowest BCUT2D eigenvalue weighted by Gasteiger charge is -2.33. The molecule has 1 aliphatic rings. The number of hydrogen-bond acceptors (Lipinski definition) is 7. The van der Waals surface area contributed by atoms with Crippen molar-refractivity contribution in [2.24, 2.45) is 0 Å². The molecule has 10 heteroatoms. The average Bonchev–Trinajstić information content (AvgIpc) is 3.55. The number of esters is 1. The molecule has 236 valence electrons. The molecule has 0 bridgehead atoms. The van der Waals surface area contributed by atoms with Crippen LogP contribution in [-0.2, 0) is 25.7 Å². The Morgan fingerprint density at radius 1 is 1.00 bits per heavy atom. The first-order valence-corrected chi connectivity index (χ1v) is 15.2. The zero-order valence-corrected chi connectivity index (χ0v) is 26.2. The van der Waals surface area contributed by atoms with Gasteiger partial charge in [0.05, 0.1) is 19.2 Å². The quantitative estimate of drug-likeness (QED) is 0.196. The summed E-state index contributed by atoms with van der Waals surface area (Å²) in [6.07, 6.45) is 3.64. The number of likely N-dealkylation sites (tertiary alicyclic amines) is 1. The van der Waals surface area contributed by atoms with Crippen LogP contribution >= 0.6 is 12.4 Å². The van der Waals surface area contributed by atoms with Gasteiger partial charge in [0.2, 0.25) is 11.8 Å². The first-order chi connectivity index (χ1) is 21.5. The Kier molecular flexibility index (Phi) is 11.9. The summed E-state index contributed by atoms with van der Waals surface area (Å²) in [6, 6.07) is 25.8. The van der Waals surface area contributed by atoms with E-state index in [1.807, 2.05) is 91.9 Å². The highest BCUT2D eigenvalue weighted by Crippen LogP contribution is 2.31. The van der Waals surface area contributed by atoms with Gasteiger partial charge < -0.3 is 20.7 Å². The van der Waals surface area contributed by atoms with Crippen molar-refractivity contribution in [3.63, 3.8) is 0 Å². The van der Waals surface area contributed by atoms with Crippen LogP contribution in [-0.4, -0.2) is 59.4 Å². The zero-order chi connectivity index (χ0) is 30.9.